The Morgan fingerprint density at radius 3 is 2.48 bits per heavy atom. The fourth-order valence-electron chi connectivity index (χ4n) is 1.79. The highest BCUT2D eigenvalue weighted by Gasteiger charge is 2.14. The SMILES string of the molecule is COC(=O)c1ccccc1OC(=O)C=Cc1ccc(O)c(O)c1. The van der Waals surface area contributed by atoms with Crippen LogP contribution in [0.15, 0.2) is 48.5 Å². The number of esters is 2. The quantitative estimate of drug-likeness (QED) is 0.390. The number of phenols is 2. The maximum atomic E-state index is 11.8. The average molecular weight is 314 g/mol. The van der Waals surface area contributed by atoms with E-state index in [1.54, 1.807) is 12.1 Å². The Morgan fingerprint density at radius 2 is 1.78 bits per heavy atom. The molecular weight excluding hydrogens is 300 g/mol. The minimum absolute atomic E-state index is 0.0857. The topological polar surface area (TPSA) is 93.1 Å². The van der Waals surface area contributed by atoms with E-state index in [1.165, 1.54) is 43.5 Å². The maximum Gasteiger partial charge on any atom is 0.341 e. The number of para-hydroxylation sites is 1. The molecule has 2 aromatic rings. The molecule has 0 heterocycles. The number of phenolic OH excluding ortho intramolecular Hbond substituents is 2. The van der Waals surface area contributed by atoms with Crippen LogP contribution >= 0.6 is 0 Å². The highest BCUT2D eigenvalue weighted by atomic mass is 16.5. The Bertz CT molecular complexity index is 763. The molecule has 0 saturated heterocycles. The zero-order valence-electron chi connectivity index (χ0n) is 12.2. The second kappa shape index (κ2) is 7.13. The number of methoxy groups -OCH3 is 1. The number of hydrogen-bond donors (Lipinski definition) is 2. The van der Waals surface area contributed by atoms with E-state index in [-0.39, 0.29) is 22.8 Å². The van der Waals surface area contributed by atoms with Gasteiger partial charge in [0.1, 0.15) is 11.3 Å². The molecule has 2 N–H and O–H groups in total. The van der Waals surface area contributed by atoms with E-state index in [1.807, 2.05) is 0 Å². The number of ether oxygens (including phenoxy) is 2. The molecule has 0 bridgehead atoms. The van der Waals surface area contributed by atoms with Gasteiger partial charge in [-0.15, -0.1) is 0 Å². The molecule has 2 rings (SSSR count). The summed E-state index contributed by atoms with van der Waals surface area (Å²) < 4.78 is 9.72. The van der Waals surface area contributed by atoms with Crippen molar-refractivity contribution in [1.82, 2.24) is 0 Å². The van der Waals surface area contributed by atoms with E-state index in [0.717, 1.165) is 6.08 Å². The molecule has 0 radical (unpaired) electrons. The van der Waals surface area contributed by atoms with Crippen molar-refractivity contribution < 1.29 is 29.3 Å². The highest BCUT2D eigenvalue weighted by molar-refractivity contribution is 5.95. The van der Waals surface area contributed by atoms with E-state index in [9.17, 15) is 19.8 Å². The molecule has 0 aliphatic rings. The van der Waals surface area contributed by atoms with Gasteiger partial charge in [0.2, 0.25) is 0 Å². The van der Waals surface area contributed by atoms with Gasteiger partial charge < -0.3 is 19.7 Å². The first-order chi connectivity index (χ1) is 11.0. The van der Waals surface area contributed by atoms with Crippen LogP contribution in [0.5, 0.6) is 17.2 Å². The summed E-state index contributed by atoms with van der Waals surface area (Å²) >= 11 is 0. The Kier molecular flexibility index (Phi) is 4.99. The van der Waals surface area contributed by atoms with Crippen LogP contribution in [0.4, 0.5) is 0 Å². The molecular formula is C17H14O6. The van der Waals surface area contributed by atoms with E-state index < -0.39 is 11.9 Å². The van der Waals surface area contributed by atoms with Crippen LogP contribution in [0.3, 0.4) is 0 Å². The molecule has 6 nitrogen and oxygen atoms in total. The van der Waals surface area contributed by atoms with Crippen molar-refractivity contribution in [3.05, 3.63) is 59.7 Å². The molecule has 6 heteroatoms. The molecule has 0 aromatic heterocycles. The summed E-state index contributed by atoms with van der Waals surface area (Å²) in [6.45, 7) is 0. The largest absolute Gasteiger partial charge is 0.504 e. The second-order valence-corrected chi connectivity index (χ2v) is 4.49. The minimum atomic E-state index is -0.700. The zero-order chi connectivity index (χ0) is 16.8. The van der Waals surface area contributed by atoms with Crippen LogP contribution in [-0.2, 0) is 9.53 Å². The van der Waals surface area contributed by atoms with Crippen LogP contribution in [0, 0.1) is 0 Å². The van der Waals surface area contributed by atoms with Crippen molar-refractivity contribution in [2.45, 2.75) is 0 Å². The van der Waals surface area contributed by atoms with Crippen LogP contribution in [0.2, 0.25) is 0 Å². The van der Waals surface area contributed by atoms with Gasteiger partial charge in [0, 0.05) is 6.08 Å². The Balaban J connectivity index is 2.12. The summed E-state index contributed by atoms with van der Waals surface area (Å²) in [6, 6.07) is 10.3. The summed E-state index contributed by atoms with van der Waals surface area (Å²) in [4.78, 5) is 23.4. The molecule has 0 saturated carbocycles. The summed E-state index contributed by atoms with van der Waals surface area (Å²) in [5.74, 6) is -1.77. The third-order valence-corrected chi connectivity index (χ3v) is 2.91. The van der Waals surface area contributed by atoms with Gasteiger partial charge in [0.15, 0.2) is 11.5 Å². The van der Waals surface area contributed by atoms with Gasteiger partial charge in [0.05, 0.1) is 7.11 Å². The fraction of sp³-hybridized carbons (Fsp3) is 0.0588. The number of benzene rings is 2. The standard InChI is InChI=1S/C17H14O6/c1-22-17(21)12-4-2-3-5-15(12)23-16(20)9-7-11-6-8-13(18)14(19)10-11/h2-10,18-19H,1H3. The van der Waals surface area contributed by atoms with E-state index >= 15 is 0 Å². The molecule has 0 amide bonds. The second-order valence-electron chi connectivity index (χ2n) is 4.49. The number of hydrogen-bond acceptors (Lipinski definition) is 6. The van der Waals surface area contributed by atoms with Crippen molar-refractivity contribution >= 4 is 18.0 Å². The lowest BCUT2D eigenvalue weighted by Gasteiger charge is -2.06. The number of carbonyl (C=O) groups excluding carboxylic acids is 2. The van der Waals surface area contributed by atoms with Crippen LogP contribution in [0.1, 0.15) is 15.9 Å². The number of carbonyl (C=O) groups is 2. The molecule has 0 fully saturated rings. The lowest BCUT2D eigenvalue weighted by molar-refractivity contribution is -0.128. The van der Waals surface area contributed by atoms with Crippen LogP contribution in [0.25, 0.3) is 6.08 Å². The monoisotopic (exact) mass is 314 g/mol. The summed E-state index contributed by atoms with van der Waals surface area (Å²) in [7, 11) is 1.23. The van der Waals surface area contributed by atoms with Crippen molar-refractivity contribution in [1.29, 1.82) is 0 Å². The third-order valence-electron chi connectivity index (χ3n) is 2.91. The smallest absolute Gasteiger partial charge is 0.341 e. The van der Waals surface area contributed by atoms with Gasteiger partial charge in [-0.05, 0) is 35.9 Å². The van der Waals surface area contributed by atoms with Crippen molar-refractivity contribution in [2.75, 3.05) is 7.11 Å². The lowest BCUT2D eigenvalue weighted by Crippen LogP contribution is -2.09. The molecule has 118 valence electrons. The number of rotatable bonds is 4. The van der Waals surface area contributed by atoms with Crippen LogP contribution < -0.4 is 4.74 Å². The fourth-order valence-corrected chi connectivity index (χ4v) is 1.79. The maximum absolute atomic E-state index is 11.8. The Hall–Kier alpha value is -3.28. The van der Waals surface area contributed by atoms with E-state index in [2.05, 4.69) is 4.74 Å². The molecule has 0 aliphatic heterocycles. The van der Waals surface area contributed by atoms with Gasteiger partial charge in [-0.25, -0.2) is 9.59 Å². The van der Waals surface area contributed by atoms with Gasteiger partial charge in [-0.3, -0.25) is 0 Å². The third kappa shape index (κ3) is 4.10. The summed E-state index contributed by atoms with van der Waals surface area (Å²) in [6.07, 6.45) is 2.54. The molecule has 0 atom stereocenters. The summed E-state index contributed by atoms with van der Waals surface area (Å²) in [5, 5.41) is 18.6. The first-order valence-electron chi connectivity index (χ1n) is 6.60. The minimum Gasteiger partial charge on any atom is -0.504 e. The Labute approximate surface area is 132 Å². The van der Waals surface area contributed by atoms with Gasteiger partial charge >= 0.3 is 11.9 Å². The highest BCUT2D eigenvalue weighted by Crippen LogP contribution is 2.25. The van der Waals surface area contributed by atoms with Crippen LogP contribution in [-0.4, -0.2) is 29.3 Å². The van der Waals surface area contributed by atoms with E-state index in [0.29, 0.717) is 5.56 Å². The molecule has 0 spiro atoms. The summed E-state index contributed by atoms with van der Waals surface area (Å²) in [5.41, 5.74) is 0.637. The molecule has 0 aliphatic carbocycles. The number of aromatic hydroxyl groups is 2. The van der Waals surface area contributed by atoms with Gasteiger partial charge in [-0.2, -0.15) is 0 Å². The predicted octanol–water partition coefficient (Wildman–Crippen LogP) is 2.50. The van der Waals surface area contributed by atoms with Crippen molar-refractivity contribution in [3.63, 3.8) is 0 Å². The van der Waals surface area contributed by atoms with Crippen molar-refractivity contribution in [2.24, 2.45) is 0 Å². The van der Waals surface area contributed by atoms with Gasteiger partial charge in [-0.1, -0.05) is 18.2 Å². The molecule has 23 heavy (non-hydrogen) atoms. The zero-order valence-corrected chi connectivity index (χ0v) is 12.2. The lowest BCUT2D eigenvalue weighted by atomic mass is 10.2. The average Bonchev–Trinajstić information content (AvgIpc) is 2.55. The molecule has 0 unspecified atom stereocenters. The van der Waals surface area contributed by atoms with Crippen molar-refractivity contribution in [3.8, 4) is 17.2 Å². The first kappa shape index (κ1) is 16.1. The Morgan fingerprint density at radius 1 is 1.04 bits per heavy atom. The van der Waals surface area contributed by atoms with E-state index in [4.69, 9.17) is 4.74 Å². The van der Waals surface area contributed by atoms with Gasteiger partial charge in [0.25, 0.3) is 0 Å². The normalized spacial score (nSPS) is 10.5. The molecule has 2 aromatic carbocycles. The first-order valence-corrected chi connectivity index (χ1v) is 6.60. The predicted molar refractivity (Wildman–Crippen MR) is 82.2 cm³/mol.